The number of hydrogen-bond donors (Lipinski definition) is 3. The summed E-state index contributed by atoms with van der Waals surface area (Å²) < 4.78 is 0. The van der Waals surface area contributed by atoms with E-state index in [0.717, 1.165) is 16.2 Å². The van der Waals surface area contributed by atoms with Gasteiger partial charge in [-0.15, -0.1) is 23.1 Å². The third-order valence-electron chi connectivity index (χ3n) is 6.07. The van der Waals surface area contributed by atoms with Crippen molar-refractivity contribution in [2.45, 2.75) is 43.8 Å². The summed E-state index contributed by atoms with van der Waals surface area (Å²) in [6.07, 6.45) is 1.66. The number of thioether (sulfide) groups is 1. The van der Waals surface area contributed by atoms with Gasteiger partial charge in [-0.3, -0.25) is 14.4 Å². The van der Waals surface area contributed by atoms with Crippen LogP contribution in [-0.4, -0.2) is 28.0 Å². The quantitative estimate of drug-likeness (QED) is 0.136. The highest BCUT2D eigenvalue weighted by Crippen LogP contribution is 2.27. The smallest absolute Gasteiger partial charge is 0.272 e. The molecular weight excluding hydrogens is 553 g/mol. The van der Waals surface area contributed by atoms with Gasteiger partial charge in [-0.05, 0) is 67.3 Å². The summed E-state index contributed by atoms with van der Waals surface area (Å²) in [6.45, 7) is 7.92. The molecule has 0 fully saturated rings. The van der Waals surface area contributed by atoms with Gasteiger partial charge in [0.15, 0.2) is 5.13 Å². The predicted molar refractivity (Wildman–Crippen MR) is 168 cm³/mol. The zero-order valence-corrected chi connectivity index (χ0v) is 24.9. The number of aryl methyl sites for hydroxylation is 1. The van der Waals surface area contributed by atoms with Crippen LogP contribution in [0.1, 0.15) is 53.9 Å². The first-order valence-corrected chi connectivity index (χ1v) is 14.9. The Bertz CT molecular complexity index is 1550. The van der Waals surface area contributed by atoms with Crippen LogP contribution in [0.2, 0.25) is 0 Å². The molecule has 210 valence electrons. The number of carbonyl (C=O) groups is 3. The van der Waals surface area contributed by atoms with E-state index < -0.39 is 5.91 Å². The molecule has 1 heterocycles. The lowest BCUT2D eigenvalue weighted by atomic mass is 10.0. The van der Waals surface area contributed by atoms with E-state index in [2.05, 4.69) is 34.8 Å². The third-order valence-corrected chi connectivity index (χ3v) is 8.04. The van der Waals surface area contributed by atoms with Crippen molar-refractivity contribution in [1.29, 1.82) is 0 Å². The molecule has 9 heteroatoms. The second-order valence-electron chi connectivity index (χ2n) is 9.72. The van der Waals surface area contributed by atoms with Gasteiger partial charge < -0.3 is 16.0 Å². The van der Waals surface area contributed by atoms with Crippen molar-refractivity contribution in [1.82, 2.24) is 10.3 Å². The van der Waals surface area contributed by atoms with Crippen molar-refractivity contribution in [2.75, 3.05) is 10.6 Å². The normalized spacial score (nSPS) is 12.1. The van der Waals surface area contributed by atoms with Crippen LogP contribution in [0.4, 0.5) is 10.8 Å². The highest BCUT2D eigenvalue weighted by Gasteiger charge is 2.18. The Morgan fingerprint density at radius 1 is 0.902 bits per heavy atom. The summed E-state index contributed by atoms with van der Waals surface area (Å²) in [5.74, 6) is -0.625. The Hall–Kier alpha value is -4.21. The Morgan fingerprint density at radius 2 is 1.63 bits per heavy atom. The highest BCUT2D eigenvalue weighted by molar-refractivity contribution is 8.00. The minimum atomic E-state index is -0.464. The molecule has 0 spiro atoms. The van der Waals surface area contributed by atoms with E-state index in [9.17, 15) is 14.4 Å². The Balaban J connectivity index is 1.49. The van der Waals surface area contributed by atoms with Gasteiger partial charge in [-0.1, -0.05) is 62.4 Å². The molecule has 0 saturated heterocycles. The van der Waals surface area contributed by atoms with Crippen molar-refractivity contribution in [3.8, 4) is 0 Å². The first kappa shape index (κ1) is 29.8. The van der Waals surface area contributed by atoms with E-state index in [1.54, 1.807) is 42.5 Å². The zero-order valence-electron chi connectivity index (χ0n) is 23.3. The fraction of sp³-hybridized carbons (Fsp3) is 0.188. The summed E-state index contributed by atoms with van der Waals surface area (Å²) in [5.41, 5.74) is 3.92. The number of amides is 3. The van der Waals surface area contributed by atoms with E-state index >= 15 is 0 Å². The van der Waals surface area contributed by atoms with E-state index in [4.69, 9.17) is 0 Å². The van der Waals surface area contributed by atoms with E-state index in [1.165, 1.54) is 28.7 Å². The summed E-state index contributed by atoms with van der Waals surface area (Å²) >= 11 is 2.75. The summed E-state index contributed by atoms with van der Waals surface area (Å²) in [4.78, 5) is 44.1. The van der Waals surface area contributed by atoms with Gasteiger partial charge in [-0.25, -0.2) is 4.98 Å². The van der Waals surface area contributed by atoms with E-state index in [-0.39, 0.29) is 22.8 Å². The average molecular weight is 585 g/mol. The number of hydrogen-bond acceptors (Lipinski definition) is 6. The maximum absolute atomic E-state index is 13.4. The number of carbonyl (C=O) groups excluding carboxylic acids is 3. The summed E-state index contributed by atoms with van der Waals surface area (Å²) in [7, 11) is 0. The molecule has 1 atom stereocenters. The number of aromatic nitrogens is 1. The van der Waals surface area contributed by atoms with E-state index in [1.807, 2.05) is 61.7 Å². The van der Waals surface area contributed by atoms with Gasteiger partial charge in [0.2, 0.25) is 5.91 Å². The van der Waals surface area contributed by atoms with Gasteiger partial charge in [0.25, 0.3) is 11.8 Å². The second kappa shape index (κ2) is 13.9. The van der Waals surface area contributed by atoms with Gasteiger partial charge in [0.1, 0.15) is 5.70 Å². The molecule has 0 radical (unpaired) electrons. The highest BCUT2D eigenvalue weighted by atomic mass is 32.2. The lowest BCUT2D eigenvalue weighted by molar-refractivity contribution is -0.115. The van der Waals surface area contributed by atoms with Crippen LogP contribution < -0.4 is 16.0 Å². The second-order valence-corrected chi connectivity index (χ2v) is 12.0. The van der Waals surface area contributed by atoms with Gasteiger partial charge in [-0.2, -0.15) is 0 Å². The first-order valence-electron chi connectivity index (χ1n) is 13.2. The Labute approximate surface area is 248 Å². The molecule has 1 unspecified atom stereocenters. The Morgan fingerprint density at radius 3 is 2.29 bits per heavy atom. The molecule has 0 bridgehead atoms. The van der Waals surface area contributed by atoms with Crippen molar-refractivity contribution >= 4 is 57.7 Å². The standard InChI is InChI=1S/C32H32N4O3S2/c1-20(2)24-15-13-23(14-16-24)17-28(35-30(38)25-9-6-5-7-10-25)31(39)34-26-11-8-12-27(18-26)41-22(4)29(37)36-32-33-21(3)19-40-32/h5-20,22H,1-4H3,(H,34,39)(H,35,38)(H,33,36,37)/b28-17+. The number of rotatable bonds is 10. The minimum absolute atomic E-state index is 0.112. The van der Waals surface area contributed by atoms with Gasteiger partial charge in [0.05, 0.1) is 10.9 Å². The van der Waals surface area contributed by atoms with Gasteiger partial charge in [0, 0.05) is 21.5 Å². The topological polar surface area (TPSA) is 100 Å². The first-order chi connectivity index (χ1) is 19.7. The molecule has 41 heavy (non-hydrogen) atoms. The summed E-state index contributed by atoms with van der Waals surface area (Å²) in [6, 6.07) is 23.9. The van der Waals surface area contributed by atoms with Crippen LogP contribution >= 0.6 is 23.1 Å². The molecule has 3 N–H and O–H groups in total. The monoisotopic (exact) mass is 584 g/mol. The maximum Gasteiger partial charge on any atom is 0.272 e. The van der Waals surface area contributed by atoms with Crippen LogP contribution in [0.3, 0.4) is 0 Å². The third kappa shape index (κ3) is 8.64. The van der Waals surface area contributed by atoms with Crippen LogP contribution in [0.15, 0.2) is 94.8 Å². The van der Waals surface area contributed by atoms with Crippen molar-refractivity contribution in [3.63, 3.8) is 0 Å². The molecule has 3 aromatic carbocycles. The molecule has 7 nitrogen and oxygen atoms in total. The average Bonchev–Trinajstić information content (AvgIpc) is 3.37. The molecule has 0 saturated carbocycles. The molecule has 0 aliphatic carbocycles. The number of nitrogens with one attached hydrogen (secondary N) is 3. The molecule has 4 aromatic rings. The SMILES string of the molecule is Cc1csc(NC(=O)C(C)Sc2cccc(NC(=O)/C(=C\c3ccc(C(C)C)cc3)NC(=O)c3ccccc3)c2)n1. The van der Waals surface area contributed by atoms with Crippen molar-refractivity contribution in [2.24, 2.45) is 0 Å². The molecule has 1 aromatic heterocycles. The summed E-state index contributed by atoms with van der Waals surface area (Å²) in [5, 5.41) is 10.6. The van der Waals surface area contributed by atoms with Crippen molar-refractivity contribution in [3.05, 3.63) is 112 Å². The van der Waals surface area contributed by atoms with Crippen molar-refractivity contribution < 1.29 is 14.4 Å². The number of anilines is 2. The molecule has 4 rings (SSSR count). The fourth-order valence-electron chi connectivity index (χ4n) is 3.81. The Kier molecular flexibility index (Phi) is 10.1. The van der Waals surface area contributed by atoms with Crippen LogP contribution in [-0.2, 0) is 9.59 Å². The fourth-order valence-corrected chi connectivity index (χ4v) is 5.43. The number of benzene rings is 3. The van der Waals surface area contributed by atoms with Crippen LogP contribution in [0, 0.1) is 6.92 Å². The largest absolute Gasteiger partial charge is 0.321 e. The van der Waals surface area contributed by atoms with Crippen LogP contribution in [0.5, 0.6) is 0 Å². The predicted octanol–water partition coefficient (Wildman–Crippen LogP) is 7.10. The lowest BCUT2D eigenvalue weighted by Gasteiger charge is -2.14. The minimum Gasteiger partial charge on any atom is -0.321 e. The maximum atomic E-state index is 13.4. The van der Waals surface area contributed by atoms with E-state index in [0.29, 0.717) is 22.3 Å². The lowest BCUT2D eigenvalue weighted by Crippen LogP contribution is -2.30. The number of nitrogens with zero attached hydrogens (tertiary/aromatic N) is 1. The molecular formula is C32H32N4O3S2. The van der Waals surface area contributed by atoms with Gasteiger partial charge >= 0.3 is 0 Å². The van der Waals surface area contributed by atoms with Crippen LogP contribution in [0.25, 0.3) is 6.08 Å². The molecule has 3 amide bonds. The molecule has 0 aliphatic rings. The number of thiazole rings is 1. The molecule has 0 aliphatic heterocycles. The zero-order chi connectivity index (χ0) is 29.4.